The van der Waals surface area contributed by atoms with E-state index in [1.54, 1.807) is 0 Å². The predicted molar refractivity (Wildman–Crippen MR) is 65.2 cm³/mol. The molecule has 0 aromatic heterocycles. The van der Waals surface area contributed by atoms with Crippen LogP contribution in [-0.4, -0.2) is 5.54 Å². The lowest BCUT2D eigenvalue weighted by atomic mass is 9.78. The van der Waals surface area contributed by atoms with Crippen molar-refractivity contribution in [3.63, 3.8) is 0 Å². The molecule has 1 nitrogen and oxygen atoms in total. The Bertz CT molecular complexity index is 170. The standard InChI is InChI=1S/C13H25N/c1-5-8-10-12(9-6-2)13(4,14)11-7-3/h6-7,12H,2-3,5,8-11,14H2,1,4H3. The van der Waals surface area contributed by atoms with Crippen molar-refractivity contribution >= 4 is 0 Å². The summed E-state index contributed by atoms with van der Waals surface area (Å²) in [6.07, 6.45) is 9.48. The highest BCUT2D eigenvalue weighted by Crippen LogP contribution is 2.27. The van der Waals surface area contributed by atoms with E-state index in [4.69, 9.17) is 5.73 Å². The van der Waals surface area contributed by atoms with Crippen LogP contribution in [0.5, 0.6) is 0 Å². The van der Waals surface area contributed by atoms with Crippen LogP contribution in [0.4, 0.5) is 0 Å². The molecule has 0 aliphatic heterocycles. The quantitative estimate of drug-likeness (QED) is 0.588. The van der Waals surface area contributed by atoms with Gasteiger partial charge in [-0.3, -0.25) is 0 Å². The Kier molecular flexibility index (Phi) is 6.56. The van der Waals surface area contributed by atoms with Gasteiger partial charge in [0, 0.05) is 5.54 Å². The zero-order chi connectivity index (χ0) is 11.0. The van der Waals surface area contributed by atoms with Crippen LogP contribution in [0.3, 0.4) is 0 Å². The summed E-state index contributed by atoms with van der Waals surface area (Å²) < 4.78 is 0. The zero-order valence-electron chi connectivity index (χ0n) is 9.76. The van der Waals surface area contributed by atoms with Crippen LogP contribution < -0.4 is 5.73 Å². The molecule has 2 unspecified atom stereocenters. The van der Waals surface area contributed by atoms with Crippen molar-refractivity contribution in [2.45, 2.75) is 51.5 Å². The molecule has 0 spiro atoms. The van der Waals surface area contributed by atoms with E-state index in [0.29, 0.717) is 5.92 Å². The highest BCUT2D eigenvalue weighted by molar-refractivity contribution is 4.95. The Labute approximate surface area is 89.1 Å². The molecule has 0 aliphatic carbocycles. The maximum absolute atomic E-state index is 6.28. The van der Waals surface area contributed by atoms with E-state index >= 15 is 0 Å². The average molecular weight is 195 g/mol. The molecule has 2 N–H and O–H groups in total. The summed E-state index contributed by atoms with van der Waals surface area (Å²) in [5, 5.41) is 0. The van der Waals surface area contributed by atoms with Gasteiger partial charge in [-0.15, -0.1) is 13.2 Å². The number of allylic oxidation sites excluding steroid dienone is 1. The summed E-state index contributed by atoms with van der Waals surface area (Å²) in [7, 11) is 0. The van der Waals surface area contributed by atoms with Crippen molar-refractivity contribution in [1.29, 1.82) is 0 Å². The number of hydrogen-bond donors (Lipinski definition) is 1. The lowest BCUT2D eigenvalue weighted by molar-refractivity contribution is 0.275. The molecular weight excluding hydrogens is 170 g/mol. The van der Waals surface area contributed by atoms with Gasteiger partial charge in [-0.2, -0.15) is 0 Å². The van der Waals surface area contributed by atoms with Gasteiger partial charge in [0.05, 0.1) is 0 Å². The summed E-state index contributed by atoms with van der Waals surface area (Å²) >= 11 is 0. The summed E-state index contributed by atoms with van der Waals surface area (Å²) in [4.78, 5) is 0. The average Bonchev–Trinajstić information content (AvgIpc) is 2.11. The fraction of sp³-hybridized carbons (Fsp3) is 0.692. The molecule has 0 aromatic carbocycles. The van der Waals surface area contributed by atoms with Crippen LogP contribution in [-0.2, 0) is 0 Å². The molecule has 0 fully saturated rings. The predicted octanol–water partition coefficient (Wildman–Crippen LogP) is 3.66. The largest absolute Gasteiger partial charge is 0.325 e. The Morgan fingerprint density at radius 1 is 1.36 bits per heavy atom. The van der Waals surface area contributed by atoms with E-state index < -0.39 is 0 Å². The molecule has 0 saturated heterocycles. The third kappa shape index (κ3) is 4.61. The van der Waals surface area contributed by atoms with E-state index in [0.717, 1.165) is 12.8 Å². The molecule has 0 heterocycles. The molecular formula is C13H25N. The Hall–Kier alpha value is -0.560. The third-order valence-electron chi connectivity index (χ3n) is 2.87. The van der Waals surface area contributed by atoms with Crippen molar-refractivity contribution in [2.24, 2.45) is 11.7 Å². The van der Waals surface area contributed by atoms with Gasteiger partial charge in [-0.1, -0.05) is 31.9 Å². The molecule has 14 heavy (non-hydrogen) atoms. The van der Waals surface area contributed by atoms with Crippen LogP contribution in [0, 0.1) is 5.92 Å². The van der Waals surface area contributed by atoms with E-state index in [1.807, 2.05) is 12.2 Å². The third-order valence-corrected chi connectivity index (χ3v) is 2.87. The molecule has 0 rings (SSSR count). The second-order valence-corrected chi connectivity index (χ2v) is 4.36. The van der Waals surface area contributed by atoms with E-state index in [-0.39, 0.29) is 5.54 Å². The normalized spacial score (nSPS) is 17.1. The lowest BCUT2D eigenvalue weighted by Crippen LogP contribution is -2.43. The second-order valence-electron chi connectivity index (χ2n) is 4.36. The minimum absolute atomic E-state index is 0.120. The molecule has 0 bridgehead atoms. The Morgan fingerprint density at radius 3 is 2.43 bits per heavy atom. The van der Waals surface area contributed by atoms with Gasteiger partial charge in [0.1, 0.15) is 0 Å². The molecule has 2 atom stereocenters. The van der Waals surface area contributed by atoms with Crippen molar-refractivity contribution in [2.75, 3.05) is 0 Å². The van der Waals surface area contributed by atoms with E-state index in [9.17, 15) is 0 Å². The zero-order valence-corrected chi connectivity index (χ0v) is 9.76. The molecule has 0 amide bonds. The maximum Gasteiger partial charge on any atom is 0.0191 e. The van der Waals surface area contributed by atoms with Gasteiger partial charge in [0.2, 0.25) is 0 Å². The van der Waals surface area contributed by atoms with E-state index in [1.165, 1.54) is 19.3 Å². The van der Waals surface area contributed by atoms with Crippen molar-refractivity contribution in [3.05, 3.63) is 25.3 Å². The first-order valence-electron chi connectivity index (χ1n) is 5.59. The molecule has 0 saturated carbocycles. The van der Waals surface area contributed by atoms with E-state index in [2.05, 4.69) is 27.0 Å². The SMILES string of the molecule is C=CCC(CCCC)C(C)(N)CC=C. The Balaban J connectivity index is 4.27. The monoisotopic (exact) mass is 195 g/mol. The molecule has 1 heteroatoms. The van der Waals surface area contributed by atoms with Gasteiger partial charge in [0.25, 0.3) is 0 Å². The number of nitrogens with two attached hydrogens (primary N) is 1. The van der Waals surface area contributed by atoms with Crippen LogP contribution in [0.1, 0.15) is 46.0 Å². The minimum atomic E-state index is -0.120. The topological polar surface area (TPSA) is 26.0 Å². The Morgan fingerprint density at radius 2 is 2.00 bits per heavy atom. The molecule has 0 radical (unpaired) electrons. The highest BCUT2D eigenvalue weighted by atomic mass is 14.7. The summed E-state index contributed by atoms with van der Waals surface area (Å²) in [6, 6.07) is 0. The van der Waals surface area contributed by atoms with Crippen molar-refractivity contribution < 1.29 is 0 Å². The summed E-state index contributed by atoms with van der Waals surface area (Å²) in [5.74, 6) is 0.540. The fourth-order valence-corrected chi connectivity index (χ4v) is 1.85. The maximum atomic E-state index is 6.28. The van der Waals surface area contributed by atoms with Gasteiger partial charge >= 0.3 is 0 Å². The van der Waals surface area contributed by atoms with Gasteiger partial charge in [-0.05, 0) is 32.1 Å². The van der Waals surface area contributed by atoms with Gasteiger partial charge in [-0.25, -0.2) is 0 Å². The fourth-order valence-electron chi connectivity index (χ4n) is 1.85. The van der Waals surface area contributed by atoms with Crippen molar-refractivity contribution in [1.82, 2.24) is 0 Å². The first-order chi connectivity index (χ1) is 6.58. The molecule has 0 aliphatic rings. The number of hydrogen-bond acceptors (Lipinski definition) is 1. The number of rotatable bonds is 8. The first kappa shape index (κ1) is 13.4. The van der Waals surface area contributed by atoms with Crippen LogP contribution in [0.15, 0.2) is 25.3 Å². The van der Waals surface area contributed by atoms with Crippen LogP contribution in [0.25, 0.3) is 0 Å². The van der Waals surface area contributed by atoms with Gasteiger partial charge in [0.15, 0.2) is 0 Å². The summed E-state index contributed by atoms with van der Waals surface area (Å²) in [6.45, 7) is 11.9. The highest BCUT2D eigenvalue weighted by Gasteiger charge is 2.26. The van der Waals surface area contributed by atoms with Crippen LogP contribution in [0.2, 0.25) is 0 Å². The van der Waals surface area contributed by atoms with Crippen molar-refractivity contribution in [3.8, 4) is 0 Å². The first-order valence-corrected chi connectivity index (χ1v) is 5.59. The lowest BCUT2D eigenvalue weighted by Gasteiger charge is -2.33. The molecule has 82 valence electrons. The number of unbranched alkanes of at least 4 members (excludes halogenated alkanes) is 1. The minimum Gasteiger partial charge on any atom is -0.325 e. The summed E-state index contributed by atoms with van der Waals surface area (Å²) in [5.41, 5.74) is 6.16. The molecule has 0 aromatic rings. The van der Waals surface area contributed by atoms with Crippen LogP contribution >= 0.6 is 0 Å². The van der Waals surface area contributed by atoms with Gasteiger partial charge < -0.3 is 5.73 Å². The second kappa shape index (κ2) is 6.83. The smallest absolute Gasteiger partial charge is 0.0191 e.